The van der Waals surface area contributed by atoms with Crippen molar-refractivity contribution in [2.75, 3.05) is 283 Å². The van der Waals surface area contributed by atoms with Crippen LogP contribution in [-0.4, -0.2) is 370 Å². The Balaban J connectivity index is -0.000000585. The maximum absolute atomic E-state index is 9.08. The van der Waals surface area contributed by atoms with Gasteiger partial charge in [0, 0.05) is 65.5 Å². The third kappa shape index (κ3) is 78.2. The van der Waals surface area contributed by atoms with Crippen molar-refractivity contribution in [3.63, 3.8) is 0 Å². The SMILES string of the molecule is CCCCCCCCCCCCN(CCOCCO)CCOCCO.CCCCCCCCCCCCN(CCOCCOCCO)CCOCCOCCO.OCCCN(CCOCCOCCO)CCOCCOCCO.OCCN(CCO)C(CO)(CO)CO. The molecule has 0 bridgehead atoms. The van der Waals surface area contributed by atoms with E-state index < -0.39 is 25.4 Å². The smallest absolute Gasteiger partial charge is 0.0908 e. The minimum absolute atomic E-state index is 0.0278. The molecule has 93 heavy (non-hydrogen) atoms. The van der Waals surface area contributed by atoms with Crippen LogP contribution in [0.4, 0.5) is 0 Å². The van der Waals surface area contributed by atoms with E-state index in [-0.39, 0.29) is 72.6 Å². The summed E-state index contributed by atoms with van der Waals surface area (Å²) in [5.74, 6) is 0. The summed E-state index contributed by atoms with van der Waals surface area (Å²) in [4.78, 5) is 8.42. The van der Waals surface area contributed by atoms with Gasteiger partial charge < -0.3 is 109 Å². The van der Waals surface area contributed by atoms with Crippen molar-refractivity contribution in [1.82, 2.24) is 19.6 Å². The number of β-amino-alcohol motifs (C(OH)–C–C–N with tert-alkyl or cyclic N) is 2. The van der Waals surface area contributed by atoms with E-state index in [0.717, 1.165) is 65.3 Å². The highest BCUT2D eigenvalue weighted by Crippen LogP contribution is 2.15. The molecule has 0 unspecified atom stereocenters. The van der Waals surface area contributed by atoms with Crippen molar-refractivity contribution in [3.05, 3.63) is 0 Å². The Labute approximate surface area is 564 Å². The molecule has 0 atom stereocenters. The summed E-state index contributed by atoms with van der Waals surface area (Å²) < 4.78 is 53.6. The van der Waals surface area contributed by atoms with E-state index in [1.54, 1.807) is 0 Å². The third-order valence-corrected chi connectivity index (χ3v) is 14.8. The molecule has 26 nitrogen and oxygen atoms in total. The van der Waals surface area contributed by atoms with E-state index in [1.807, 2.05) is 0 Å². The molecule has 0 saturated carbocycles. The zero-order valence-corrected chi connectivity index (χ0v) is 59.0. The Morgan fingerprint density at radius 3 is 0.602 bits per heavy atom. The first kappa shape index (κ1) is 98.3. The fourth-order valence-electron chi connectivity index (χ4n) is 9.27. The zero-order valence-electron chi connectivity index (χ0n) is 59.0. The van der Waals surface area contributed by atoms with Crippen LogP contribution in [0.5, 0.6) is 0 Å². The standard InChI is InChI=1S/C24H51NO6.C20H43NO4.C15H33NO7.C8H19NO5/c1-2-3-4-5-6-7-8-9-10-11-12-25(13-17-28-21-23-30-19-15-26)14-18-29-22-24-31-20-16-27;1-2-3-4-5-6-7-8-9-10-11-12-21(13-17-24-19-15-22)14-18-25-20-16-23;17-5-1-2-16(3-8-20-12-14-22-10-6-18)4-9-21-13-15-23-11-7-19;10-3-1-9(2-4-11)8(5-12,6-13)7-14/h26-27H,2-24H2,1H3;22-23H,2-20H2,1H3;17-19H,1-15H2;10-14H,1-7H2. The second-order valence-corrected chi connectivity index (χ2v) is 22.6. The summed E-state index contributed by atoms with van der Waals surface area (Å²) in [6.07, 6.45) is 27.7. The minimum Gasteiger partial charge on any atom is -0.396 e. The lowest BCUT2D eigenvalue weighted by molar-refractivity contribution is -0.0578. The number of unbranched alkanes of at least 4 members (excludes halogenated alkanes) is 18. The van der Waals surface area contributed by atoms with Crippen molar-refractivity contribution in [2.24, 2.45) is 0 Å². The second kappa shape index (κ2) is 89.0. The molecule has 0 saturated heterocycles. The average Bonchev–Trinajstić information content (AvgIpc) is 1.44. The highest BCUT2D eigenvalue weighted by Gasteiger charge is 2.34. The summed E-state index contributed by atoms with van der Waals surface area (Å²) in [6, 6.07) is 0. The van der Waals surface area contributed by atoms with E-state index >= 15 is 0 Å². The summed E-state index contributed by atoms with van der Waals surface area (Å²) in [7, 11) is 0. The van der Waals surface area contributed by atoms with Crippen molar-refractivity contribution < 1.29 is 109 Å². The van der Waals surface area contributed by atoms with Gasteiger partial charge in [0.25, 0.3) is 0 Å². The van der Waals surface area contributed by atoms with E-state index in [1.165, 1.54) is 133 Å². The Bertz CT molecular complexity index is 1230. The average molecular weight is 1360 g/mol. The van der Waals surface area contributed by atoms with Gasteiger partial charge in [-0.3, -0.25) is 19.6 Å². The topological polar surface area (TPSA) is 348 Å². The van der Waals surface area contributed by atoms with E-state index in [4.69, 9.17) is 109 Å². The molecule has 12 N–H and O–H groups in total. The summed E-state index contributed by atoms with van der Waals surface area (Å²) in [5.41, 5.74) is -1.18. The lowest BCUT2D eigenvalue weighted by Gasteiger charge is -2.39. The lowest BCUT2D eigenvalue weighted by Crippen LogP contribution is -2.58. The van der Waals surface area contributed by atoms with E-state index in [9.17, 15) is 0 Å². The van der Waals surface area contributed by atoms with Crippen molar-refractivity contribution in [2.45, 2.75) is 154 Å². The summed E-state index contributed by atoms with van der Waals surface area (Å²) in [6.45, 7) is 22.0. The number of aliphatic hydroxyl groups excluding tert-OH is 12. The Kier molecular flexibility index (Phi) is 94.1. The van der Waals surface area contributed by atoms with Crippen molar-refractivity contribution >= 4 is 0 Å². The van der Waals surface area contributed by atoms with Crippen LogP contribution >= 0.6 is 0 Å². The van der Waals surface area contributed by atoms with Crippen molar-refractivity contribution in [1.29, 1.82) is 0 Å². The quantitative estimate of drug-likeness (QED) is 0.0388. The monoisotopic (exact) mass is 1360 g/mol. The van der Waals surface area contributed by atoms with Crippen LogP contribution < -0.4 is 0 Å². The molecule has 0 amide bonds. The van der Waals surface area contributed by atoms with Gasteiger partial charge in [0.05, 0.1) is 210 Å². The molecule has 0 aliphatic rings. The molecule has 0 aromatic carbocycles. The predicted molar refractivity (Wildman–Crippen MR) is 365 cm³/mol. The lowest BCUT2D eigenvalue weighted by atomic mass is 10.0. The van der Waals surface area contributed by atoms with Gasteiger partial charge in [-0.1, -0.05) is 129 Å². The third-order valence-electron chi connectivity index (χ3n) is 14.8. The van der Waals surface area contributed by atoms with Gasteiger partial charge in [-0.15, -0.1) is 0 Å². The number of hydrogen-bond donors (Lipinski definition) is 12. The molecule has 566 valence electrons. The fraction of sp³-hybridized carbons (Fsp3) is 1.00. The number of ether oxygens (including phenoxy) is 10. The highest BCUT2D eigenvalue weighted by atomic mass is 16.5. The van der Waals surface area contributed by atoms with Gasteiger partial charge in [-0.2, -0.15) is 0 Å². The van der Waals surface area contributed by atoms with Crippen LogP contribution in [0.1, 0.15) is 149 Å². The molecule has 0 aliphatic heterocycles. The maximum atomic E-state index is 9.08. The first-order valence-corrected chi connectivity index (χ1v) is 35.7. The van der Waals surface area contributed by atoms with Gasteiger partial charge in [0.1, 0.15) is 0 Å². The van der Waals surface area contributed by atoms with Crippen LogP contribution in [0.2, 0.25) is 0 Å². The molecule has 0 heterocycles. The van der Waals surface area contributed by atoms with Gasteiger partial charge in [0.15, 0.2) is 0 Å². The van der Waals surface area contributed by atoms with Crippen LogP contribution in [-0.2, 0) is 47.4 Å². The highest BCUT2D eigenvalue weighted by molar-refractivity contribution is 4.89. The van der Waals surface area contributed by atoms with Crippen molar-refractivity contribution in [3.8, 4) is 0 Å². The Hall–Kier alpha value is -1.04. The number of hydrogen-bond acceptors (Lipinski definition) is 26. The Morgan fingerprint density at radius 1 is 0.194 bits per heavy atom. The largest absolute Gasteiger partial charge is 0.396 e. The van der Waals surface area contributed by atoms with Gasteiger partial charge in [0.2, 0.25) is 0 Å². The molecule has 26 heteroatoms. The second-order valence-electron chi connectivity index (χ2n) is 22.6. The van der Waals surface area contributed by atoms with Gasteiger partial charge in [-0.05, 0) is 32.4 Å². The van der Waals surface area contributed by atoms with Crippen LogP contribution in [0, 0.1) is 0 Å². The molecule has 0 fully saturated rings. The van der Waals surface area contributed by atoms with Gasteiger partial charge in [-0.25, -0.2) is 0 Å². The maximum Gasteiger partial charge on any atom is 0.0908 e. The zero-order chi connectivity index (χ0) is 69.1. The molecule has 0 spiro atoms. The van der Waals surface area contributed by atoms with Gasteiger partial charge >= 0.3 is 0 Å². The fourth-order valence-corrected chi connectivity index (χ4v) is 9.27. The molecule has 0 aliphatic carbocycles. The molecular formula is C67H146N4O22. The van der Waals surface area contributed by atoms with E-state index in [2.05, 4.69) is 28.5 Å². The number of rotatable bonds is 75. The van der Waals surface area contributed by atoms with Crippen LogP contribution in [0.15, 0.2) is 0 Å². The minimum atomic E-state index is -1.18. The molecule has 0 aromatic rings. The van der Waals surface area contributed by atoms with Crippen LogP contribution in [0.25, 0.3) is 0 Å². The first-order valence-electron chi connectivity index (χ1n) is 35.7. The predicted octanol–water partition coefficient (Wildman–Crippen LogP) is 2.20. The normalized spacial score (nSPS) is 11.7. The Morgan fingerprint density at radius 2 is 0.398 bits per heavy atom. The molecule has 0 aromatic heterocycles. The molecule has 0 radical (unpaired) electrons. The number of nitrogens with zero attached hydrogens (tertiary/aromatic N) is 4. The molecular weight excluding hydrogens is 1210 g/mol. The van der Waals surface area contributed by atoms with Crippen LogP contribution in [0.3, 0.4) is 0 Å². The summed E-state index contributed by atoms with van der Waals surface area (Å²) in [5, 5.41) is 106. The molecule has 0 rings (SSSR count). The summed E-state index contributed by atoms with van der Waals surface area (Å²) >= 11 is 0. The first-order chi connectivity index (χ1) is 45.7. The van der Waals surface area contributed by atoms with E-state index in [0.29, 0.717) is 132 Å². The number of aliphatic hydroxyl groups is 12.